The largest absolute Gasteiger partial charge is 1.00 e. The van der Waals surface area contributed by atoms with Gasteiger partial charge in [0.25, 0.3) is 0 Å². The smallest absolute Gasteiger partial charge is 0.726 e. The fourth-order valence-corrected chi connectivity index (χ4v) is 0. The van der Waals surface area contributed by atoms with Crippen molar-refractivity contribution in [3.05, 3.63) is 0 Å². The first-order valence-electron chi connectivity index (χ1n) is 1.07. The van der Waals surface area contributed by atoms with E-state index in [-0.39, 0.29) is 40.0 Å². The first-order chi connectivity index (χ1) is 2.56. The molecule has 0 unspecified atom stereocenters. The summed E-state index contributed by atoms with van der Waals surface area (Å²) in [5.41, 5.74) is 0. The third-order valence-corrected chi connectivity index (χ3v) is 1.84. The van der Waals surface area contributed by atoms with Crippen LogP contribution >= 0.6 is 0 Å². The molecule has 0 aliphatic rings. The normalized spacial score (nSPS) is 10.4. The molecule has 0 fully saturated rings. The Morgan fingerprint density at radius 2 is 1.71 bits per heavy atom. The van der Waals surface area contributed by atoms with E-state index in [2.05, 4.69) is 3.87 Å². The average Bonchev–Trinajstić information content (AvgIpc) is 1.35. The van der Waals surface area contributed by atoms with Crippen LogP contribution in [0.1, 0.15) is 0 Å². The Labute approximate surface area is 67.0 Å². The predicted octanol–water partition coefficient (Wildman–Crippen LogP) is -5.25. The molecule has 0 aliphatic carbocycles. The molecule has 0 heterocycles. The summed E-state index contributed by atoms with van der Waals surface area (Å²) in [4.78, 5) is 0. The van der Waals surface area contributed by atoms with Crippen molar-refractivity contribution in [2.24, 2.45) is 0 Å². The van der Waals surface area contributed by atoms with Crippen molar-refractivity contribution in [3.8, 4) is 0 Å². The molecule has 0 aromatic rings. The Morgan fingerprint density at radius 1 is 1.57 bits per heavy atom. The maximum absolute atomic E-state index is 9.26. The van der Waals surface area contributed by atoms with E-state index < -0.39 is 10.4 Å². The fraction of sp³-hybridized carbons (Fsp3) is 0. The average molecular weight is 150 g/mol. The van der Waals surface area contributed by atoms with E-state index in [1.54, 1.807) is 0 Å². The summed E-state index contributed by atoms with van der Waals surface area (Å²) >= 11 is 0. The standard InChI is InChI=1S/Na.H4O4SSi/c;1-5(2,3)4-6/h;6H3,(H,1,2,3)/q+1;/p-1. The van der Waals surface area contributed by atoms with E-state index in [1.807, 2.05) is 0 Å². The Balaban J connectivity index is 0. The Morgan fingerprint density at radius 3 is 1.71 bits per heavy atom. The monoisotopic (exact) mass is 150 g/mol. The second-order valence-electron chi connectivity index (χ2n) is 0.575. The van der Waals surface area contributed by atoms with Crippen molar-refractivity contribution >= 4 is 20.9 Å². The molecule has 0 aliphatic heterocycles. The van der Waals surface area contributed by atoms with E-state index in [9.17, 15) is 13.0 Å². The molecule has 0 rings (SSSR count). The molecule has 7 heteroatoms. The van der Waals surface area contributed by atoms with Crippen LogP contribution in [-0.2, 0) is 14.3 Å². The fourth-order valence-electron chi connectivity index (χ4n) is 0. The van der Waals surface area contributed by atoms with Gasteiger partial charge < -0.3 is 8.42 Å². The molecule has 0 amide bonds. The van der Waals surface area contributed by atoms with E-state index in [0.717, 1.165) is 0 Å². The van der Waals surface area contributed by atoms with Crippen LogP contribution in [0.15, 0.2) is 0 Å². The summed E-state index contributed by atoms with van der Waals surface area (Å²) in [7, 11) is -4.40. The first kappa shape index (κ1) is 11.0. The van der Waals surface area contributed by atoms with Crippen LogP contribution in [0.5, 0.6) is 0 Å². The minimum atomic E-state index is -4.35. The molecule has 0 aromatic carbocycles. The van der Waals surface area contributed by atoms with E-state index in [4.69, 9.17) is 0 Å². The van der Waals surface area contributed by atoms with Crippen LogP contribution in [0.3, 0.4) is 0 Å². The van der Waals surface area contributed by atoms with Gasteiger partial charge in [-0.25, -0.2) is 8.42 Å². The van der Waals surface area contributed by atoms with Crippen molar-refractivity contribution in [1.82, 2.24) is 0 Å². The Kier molecular flexibility index (Phi) is 6.29. The maximum Gasteiger partial charge on any atom is 1.00 e. The molecular weight excluding hydrogens is 147 g/mol. The summed E-state index contributed by atoms with van der Waals surface area (Å²) in [5.74, 6) is 0. The second-order valence-corrected chi connectivity index (χ2v) is 2.72. The van der Waals surface area contributed by atoms with Crippen molar-refractivity contribution in [2.75, 3.05) is 0 Å². The summed E-state index contributed by atoms with van der Waals surface area (Å²) in [6, 6.07) is 0. The van der Waals surface area contributed by atoms with Gasteiger partial charge in [-0.15, -0.1) is 0 Å². The minimum Gasteiger partial charge on any atom is -0.726 e. The van der Waals surface area contributed by atoms with Crippen molar-refractivity contribution in [2.45, 2.75) is 0 Å². The molecule has 0 N–H and O–H groups in total. The van der Waals surface area contributed by atoms with Gasteiger partial charge in [0.15, 0.2) is 10.5 Å². The van der Waals surface area contributed by atoms with Crippen molar-refractivity contribution in [1.29, 1.82) is 0 Å². The predicted molar refractivity (Wildman–Crippen MR) is 20.7 cm³/mol. The van der Waals surface area contributed by atoms with Gasteiger partial charge in [0.05, 0.1) is 0 Å². The van der Waals surface area contributed by atoms with Crippen LogP contribution in [0, 0.1) is 0 Å². The van der Waals surface area contributed by atoms with E-state index in [0.29, 0.717) is 0 Å². The van der Waals surface area contributed by atoms with E-state index >= 15 is 0 Å². The van der Waals surface area contributed by atoms with Gasteiger partial charge in [-0.05, 0) is 0 Å². The molecule has 0 atom stereocenters. The molecular formula is H3NaO4SSi. The Bertz CT molecular complexity index is 114. The summed E-state index contributed by atoms with van der Waals surface area (Å²) in [6.45, 7) is 0. The van der Waals surface area contributed by atoms with Gasteiger partial charge in [-0.3, -0.25) is 0 Å². The zero-order valence-electron chi connectivity index (χ0n) is 4.04. The minimum absolute atomic E-state index is 0. The van der Waals surface area contributed by atoms with Gasteiger partial charge >= 0.3 is 29.6 Å². The molecule has 0 bridgehead atoms. The summed E-state index contributed by atoms with van der Waals surface area (Å²) in [5, 5.41) is 0. The van der Waals surface area contributed by atoms with Crippen LogP contribution in [0.2, 0.25) is 0 Å². The van der Waals surface area contributed by atoms with Gasteiger partial charge in [-0.1, -0.05) is 0 Å². The van der Waals surface area contributed by atoms with Crippen LogP contribution < -0.4 is 29.6 Å². The van der Waals surface area contributed by atoms with Gasteiger partial charge in [-0.2, -0.15) is 0 Å². The van der Waals surface area contributed by atoms with Crippen LogP contribution in [0.25, 0.3) is 0 Å². The summed E-state index contributed by atoms with van der Waals surface area (Å²) in [6.07, 6.45) is 0. The number of hydrogen-bond donors (Lipinski definition) is 0. The van der Waals surface area contributed by atoms with Crippen molar-refractivity contribution in [3.63, 3.8) is 0 Å². The summed E-state index contributed by atoms with van der Waals surface area (Å²) < 4.78 is 31.3. The maximum atomic E-state index is 9.26. The second kappa shape index (κ2) is 4.01. The zero-order valence-corrected chi connectivity index (χ0v) is 8.86. The molecule has 0 saturated heterocycles. The van der Waals surface area contributed by atoms with Gasteiger partial charge in [0, 0.05) is 0 Å². The molecule has 0 saturated carbocycles. The molecule has 0 aromatic heterocycles. The molecule has 0 spiro atoms. The molecule has 4 nitrogen and oxygen atoms in total. The Hall–Kier alpha value is 1.09. The van der Waals surface area contributed by atoms with E-state index in [1.165, 1.54) is 0 Å². The van der Waals surface area contributed by atoms with Crippen LogP contribution in [0.4, 0.5) is 0 Å². The molecule has 7 heavy (non-hydrogen) atoms. The number of rotatable bonds is 1. The zero-order chi connectivity index (χ0) is 5.21. The third kappa shape index (κ3) is 11.0. The van der Waals surface area contributed by atoms with Gasteiger partial charge in [0.1, 0.15) is 0 Å². The quantitative estimate of drug-likeness (QED) is 0.213. The van der Waals surface area contributed by atoms with Crippen LogP contribution in [-0.4, -0.2) is 23.5 Å². The molecule has 0 radical (unpaired) electrons. The first-order valence-corrected chi connectivity index (χ1v) is 3.22. The third-order valence-electron chi connectivity index (χ3n) is 0.204. The van der Waals surface area contributed by atoms with Gasteiger partial charge in [0.2, 0.25) is 10.4 Å². The van der Waals surface area contributed by atoms with Crippen molar-refractivity contribution < 1.29 is 46.4 Å². The topological polar surface area (TPSA) is 66.4 Å². The SMILES string of the molecule is O=S(=O)([O-])O[SiH3].[Na+]. The number of hydrogen-bond acceptors (Lipinski definition) is 4. The molecule has 38 valence electrons.